The van der Waals surface area contributed by atoms with Gasteiger partial charge in [0.05, 0.1) is 26.2 Å². The Morgan fingerprint density at radius 3 is 0.633 bits per heavy atom. The first-order chi connectivity index (χ1) is 14.2. The molecule has 0 aliphatic carbocycles. The molecule has 7 nitrogen and oxygen atoms in total. The third kappa shape index (κ3) is 50.6. The van der Waals surface area contributed by atoms with Crippen molar-refractivity contribution in [2.45, 2.75) is 79.1 Å². The predicted molar refractivity (Wildman–Crippen MR) is 103 cm³/mol. The van der Waals surface area contributed by atoms with Gasteiger partial charge in [0, 0.05) is 22.4 Å². The molecule has 0 N–H and O–H groups in total. The molecule has 169 valence electrons. The van der Waals surface area contributed by atoms with E-state index in [1.165, 1.54) is 82.0 Å². The molecule has 0 amide bonds. The van der Waals surface area contributed by atoms with Crippen LogP contribution < -0.4 is 0 Å². The predicted octanol–water partition coefficient (Wildman–Crippen LogP) is 4.78. The Morgan fingerprint density at radius 2 is 0.533 bits per heavy atom. The maximum Gasteiger partial charge on any atom is 0 e. The molecule has 30 heavy (non-hydrogen) atoms. The molecule has 0 rings (SSSR count). The van der Waals surface area contributed by atoms with E-state index < -0.39 is 0 Å². The van der Waals surface area contributed by atoms with Gasteiger partial charge < -0.3 is 4.48 Å². The van der Waals surface area contributed by atoms with Gasteiger partial charge in [0.2, 0.25) is 0 Å². The van der Waals surface area contributed by atoms with E-state index in [1.54, 1.807) is 0 Å². The van der Waals surface area contributed by atoms with Gasteiger partial charge in [-0.05, 0) is 25.7 Å². The van der Waals surface area contributed by atoms with Gasteiger partial charge in [-0.3, -0.25) is 0 Å². The minimum Gasteiger partial charge on any atom is 0 e. The molecule has 0 saturated carbocycles. The molecule has 0 aromatic heterocycles. The number of hydrogen-bond donors (Lipinski definition) is 0. The molecule has 0 bridgehead atoms. The normalized spacial score (nSPS) is 7.20. The van der Waals surface area contributed by atoms with Crippen molar-refractivity contribution in [3.8, 4) is 0 Å². The molecule has 0 aliphatic rings. The Morgan fingerprint density at radius 1 is 0.400 bits per heavy atom. The van der Waals surface area contributed by atoms with Crippen LogP contribution in [0, 0.1) is 39.9 Å². The summed E-state index contributed by atoms with van der Waals surface area (Å²) in [4.78, 5) is 0. The van der Waals surface area contributed by atoms with E-state index in [2.05, 4.69) is 67.6 Å². The number of hydrogen-bond acceptors (Lipinski definition) is 0. The van der Waals surface area contributed by atoms with Crippen molar-refractivity contribution >= 4 is 0 Å². The van der Waals surface area contributed by atoms with Crippen molar-refractivity contribution in [1.82, 2.24) is 0 Å². The molecule has 0 spiro atoms. The summed E-state index contributed by atoms with van der Waals surface area (Å²) in [7, 11) is 0. The van der Waals surface area contributed by atoms with Gasteiger partial charge in [0.25, 0.3) is 0 Å². The molecule has 0 fully saturated rings. The first-order valence-electron chi connectivity index (χ1n) is 9.32. The molecule has 0 aliphatic heterocycles. The summed E-state index contributed by atoms with van der Waals surface area (Å²) in [5.74, 6) is 0. The van der Waals surface area contributed by atoms with Crippen LogP contribution in [0.2, 0.25) is 0 Å². The number of unbranched alkanes of at least 4 members (excludes halogenated alkanes) is 4. The summed E-state index contributed by atoms with van der Waals surface area (Å²) >= 11 is 0. The minimum atomic E-state index is 0. The van der Waals surface area contributed by atoms with Crippen molar-refractivity contribution in [3.05, 3.63) is 39.9 Å². The van der Waals surface area contributed by atoms with E-state index in [0.717, 1.165) is 0 Å². The van der Waals surface area contributed by atoms with Gasteiger partial charge in [0.15, 0.2) is 0 Å². The first-order valence-corrected chi connectivity index (χ1v) is 9.32. The fourth-order valence-electron chi connectivity index (χ4n) is 2.64. The van der Waals surface area contributed by atoms with E-state index in [1.807, 2.05) is 0 Å². The maximum atomic E-state index is 7.50. The smallest absolute Gasteiger partial charge is 0 e. The van der Waals surface area contributed by atoms with Gasteiger partial charge in [-0.2, -0.15) is 0 Å². The third-order valence-electron chi connectivity index (χ3n) is 3.94. The molecule has 0 aromatic rings. The van der Waals surface area contributed by atoms with Crippen LogP contribution in [0.25, 0.3) is 0 Å². The molecule has 1 radical (unpaired) electrons. The van der Waals surface area contributed by atoms with Crippen molar-refractivity contribution in [3.63, 3.8) is 0 Å². The Balaban J connectivity index is -0.0000000530. The van der Waals surface area contributed by atoms with Gasteiger partial charge in [0.1, 0.15) is 0 Å². The second-order valence-electron chi connectivity index (χ2n) is 5.65. The Kier molecular flexibility index (Phi) is 121. The standard InChI is InChI=1S/C16H36N.6CO.Ta/c1-5-9-13-17(14-10-6-2,15-11-7-3)16-12-8-4;6*1-2;/h5-16H2,1-4H3;;;;;;;/q+1;;;;;;;. The first kappa shape index (κ1) is 51.6. The van der Waals surface area contributed by atoms with Crippen LogP contribution in [-0.4, -0.2) is 30.7 Å². The van der Waals surface area contributed by atoms with E-state index in [-0.39, 0.29) is 22.4 Å². The monoisotopic (exact) mass is 591 g/mol. The van der Waals surface area contributed by atoms with E-state index in [9.17, 15) is 0 Å². The number of quaternary nitrogens is 1. The number of rotatable bonds is 12. The molecule has 0 aromatic carbocycles. The molecule has 0 atom stereocenters. The quantitative estimate of drug-likeness (QED) is 0.177. The van der Waals surface area contributed by atoms with Crippen LogP contribution in [0.3, 0.4) is 0 Å². The summed E-state index contributed by atoms with van der Waals surface area (Å²) in [5, 5.41) is 0. The average Bonchev–Trinajstić information content (AvgIpc) is 2.85. The Labute approximate surface area is 199 Å². The Hall–Kier alpha value is -0.860. The van der Waals surface area contributed by atoms with Gasteiger partial charge in [-0.1, -0.05) is 53.4 Å². The molecule has 8 heteroatoms. The van der Waals surface area contributed by atoms with Crippen molar-refractivity contribution in [2.75, 3.05) is 26.2 Å². The fourth-order valence-corrected chi connectivity index (χ4v) is 2.64. The fraction of sp³-hybridized carbons (Fsp3) is 0.727. The largest absolute Gasteiger partial charge is 0 e. The van der Waals surface area contributed by atoms with Crippen LogP contribution in [0.5, 0.6) is 0 Å². The minimum absolute atomic E-state index is 0. The topological polar surface area (TPSA) is 119 Å². The van der Waals surface area contributed by atoms with Crippen LogP contribution >= 0.6 is 0 Å². The van der Waals surface area contributed by atoms with Crippen molar-refractivity contribution in [2.24, 2.45) is 0 Å². The SMILES string of the molecule is CCCC[N+](CCCC)(CCCC)CCCC.[C-]#[O+].[C-]#[O+].[C-]#[O+].[C-]#[O+].[C-]#[O+].[C-]#[O+].[Ta]. The average molecular weight is 591 g/mol. The van der Waals surface area contributed by atoms with Crippen LogP contribution in [0.1, 0.15) is 79.1 Å². The van der Waals surface area contributed by atoms with Gasteiger partial charge in [-0.25, -0.2) is 0 Å². The summed E-state index contributed by atoms with van der Waals surface area (Å²) in [6.07, 6.45) is 11.1. The summed E-state index contributed by atoms with van der Waals surface area (Å²) in [5.41, 5.74) is 0. The van der Waals surface area contributed by atoms with E-state index in [4.69, 9.17) is 27.9 Å². The zero-order chi connectivity index (χ0) is 25.0. The van der Waals surface area contributed by atoms with Crippen molar-refractivity contribution in [1.29, 1.82) is 0 Å². The molecular weight excluding hydrogens is 555 g/mol. The van der Waals surface area contributed by atoms with Gasteiger partial charge >= 0.3 is 67.8 Å². The third-order valence-corrected chi connectivity index (χ3v) is 3.94. The zero-order valence-electron chi connectivity index (χ0n) is 18.8. The summed E-state index contributed by atoms with van der Waals surface area (Å²) in [6, 6.07) is 0. The van der Waals surface area contributed by atoms with E-state index >= 15 is 0 Å². The molecule has 0 saturated heterocycles. The molecule has 0 heterocycles. The number of nitrogens with zero attached hydrogens (tertiary/aromatic N) is 1. The second-order valence-corrected chi connectivity index (χ2v) is 5.65. The molecule has 0 unspecified atom stereocenters. The van der Waals surface area contributed by atoms with E-state index in [0.29, 0.717) is 0 Å². The zero-order valence-corrected chi connectivity index (χ0v) is 22.0. The summed E-state index contributed by atoms with van der Waals surface area (Å²) in [6.45, 7) is 42.0. The van der Waals surface area contributed by atoms with Crippen molar-refractivity contribution < 1.29 is 54.8 Å². The van der Waals surface area contributed by atoms with Crippen LogP contribution in [0.15, 0.2) is 0 Å². The van der Waals surface area contributed by atoms with Crippen LogP contribution in [-0.2, 0) is 50.3 Å². The Bertz CT molecular complexity index is 291. The van der Waals surface area contributed by atoms with Crippen LogP contribution in [0.4, 0.5) is 0 Å². The van der Waals surface area contributed by atoms with Gasteiger partial charge in [-0.15, -0.1) is 0 Å². The second kappa shape index (κ2) is 70.6. The maximum absolute atomic E-state index is 7.50. The summed E-state index contributed by atoms with van der Waals surface area (Å²) < 4.78 is 46.4. The molecular formula is C22H36NO6Ta+.